The molecule has 0 radical (unpaired) electrons. The van der Waals surface area contributed by atoms with E-state index in [1.54, 1.807) is 0 Å². The van der Waals surface area contributed by atoms with Gasteiger partial charge in [0.1, 0.15) is 0 Å². The quantitative estimate of drug-likeness (QED) is 0.110. The summed E-state index contributed by atoms with van der Waals surface area (Å²) in [7, 11) is -5.78. The molecule has 13 aromatic rings. The van der Waals surface area contributed by atoms with Gasteiger partial charge in [0.25, 0.3) is 0 Å². The molecule has 0 unspecified atom stereocenters. The highest BCUT2D eigenvalue weighted by atomic mass is 28.3. The van der Waals surface area contributed by atoms with Gasteiger partial charge >= 0.3 is 0 Å². The maximum Gasteiger partial charge on any atom is 0.181 e. The maximum absolute atomic E-state index is 2.89. The highest BCUT2D eigenvalue weighted by Crippen LogP contribution is 2.46. The first kappa shape index (κ1) is 42.7. The van der Waals surface area contributed by atoms with E-state index >= 15 is 0 Å². The molecule has 0 amide bonds. The molecule has 344 valence electrons. The molecule has 13 aromatic carbocycles. The molecule has 0 saturated carbocycles. The maximum atomic E-state index is 2.58. The van der Waals surface area contributed by atoms with E-state index in [4.69, 9.17) is 0 Å². The lowest BCUT2D eigenvalue weighted by atomic mass is 9.84. The standard InChI is InChI=1S/C72H48Si2/c1-5-26-50(27-6-1)73(51-28-7-2-8-29-51)68-46-17-15-35-57(68)64-44-22-42-62(71(64)73)55-37-20-40-60-66(55)48-67-56(38-21-41-61(67)70(60)59-39-19-25-49-24-13-14-34-54(49)59)63-43-23-45-65-58-36-16-18-47-69(58)74(72(63)65,52-30-9-3-10-31-52)53-32-11-4-12-33-53/h1-48H. The van der Waals surface area contributed by atoms with Gasteiger partial charge in [0.2, 0.25) is 0 Å². The Labute approximate surface area is 434 Å². The fourth-order valence-electron chi connectivity index (χ4n) is 13.8. The van der Waals surface area contributed by atoms with E-state index in [2.05, 4.69) is 291 Å². The van der Waals surface area contributed by atoms with E-state index in [0.717, 1.165) is 0 Å². The van der Waals surface area contributed by atoms with Crippen molar-refractivity contribution < 1.29 is 0 Å². The normalized spacial score (nSPS) is 13.6. The Balaban J connectivity index is 1.09. The molecule has 2 aliphatic rings. The molecule has 0 N–H and O–H groups in total. The third kappa shape index (κ3) is 5.95. The molecule has 2 heteroatoms. The summed E-state index contributed by atoms with van der Waals surface area (Å²) in [5.74, 6) is 0. The number of fused-ring (bicyclic) bond motifs is 9. The van der Waals surface area contributed by atoms with E-state index in [1.165, 1.54) is 129 Å². The van der Waals surface area contributed by atoms with Crippen LogP contribution in [-0.4, -0.2) is 16.1 Å². The number of hydrogen-bond donors (Lipinski definition) is 0. The van der Waals surface area contributed by atoms with Gasteiger partial charge in [-0.15, -0.1) is 0 Å². The van der Waals surface area contributed by atoms with Crippen molar-refractivity contribution in [3.8, 4) is 55.6 Å². The summed E-state index contributed by atoms with van der Waals surface area (Å²) in [4.78, 5) is 0. The largest absolute Gasteiger partial charge is 0.181 e. The van der Waals surface area contributed by atoms with Crippen molar-refractivity contribution in [3.05, 3.63) is 291 Å². The van der Waals surface area contributed by atoms with Gasteiger partial charge in [-0.3, -0.25) is 0 Å². The molecule has 2 heterocycles. The molecule has 74 heavy (non-hydrogen) atoms. The Kier molecular flexibility index (Phi) is 9.72. The fraction of sp³-hybridized carbons (Fsp3) is 0. The Morgan fingerprint density at radius 3 is 0.946 bits per heavy atom. The summed E-state index contributed by atoms with van der Waals surface area (Å²) >= 11 is 0. The molecule has 0 aliphatic carbocycles. The van der Waals surface area contributed by atoms with Crippen molar-refractivity contribution in [3.63, 3.8) is 0 Å². The number of benzene rings is 13. The second-order valence-electron chi connectivity index (χ2n) is 20.1. The summed E-state index contributed by atoms with van der Waals surface area (Å²) in [6.07, 6.45) is 0. The third-order valence-electron chi connectivity index (χ3n) is 16.6. The first-order valence-electron chi connectivity index (χ1n) is 25.9. The highest BCUT2D eigenvalue weighted by molar-refractivity contribution is 7.23. The molecule has 2 aliphatic heterocycles. The lowest BCUT2D eigenvalue weighted by Crippen LogP contribution is -2.73. The van der Waals surface area contributed by atoms with Crippen molar-refractivity contribution in [2.24, 2.45) is 0 Å². The monoisotopic (exact) mass is 968 g/mol. The molecule has 0 bridgehead atoms. The van der Waals surface area contributed by atoms with Gasteiger partial charge in [-0.1, -0.05) is 285 Å². The summed E-state index contributed by atoms with van der Waals surface area (Å²) in [5.41, 5.74) is 13.0. The van der Waals surface area contributed by atoms with Crippen molar-refractivity contribution in [1.29, 1.82) is 0 Å². The van der Waals surface area contributed by atoms with Gasteiger partial charge in [0, 0.05) is 0 Å². The van der Waals surface area contributed by atoms with Crippen LogP contribution in [0.15, 0.2) is 291 Å². The molecular weight excluding hydrogens is 921 g/mol. The summed E-state index contributed by atoms with van der Waals surface area (Å²) in [6.45, 7) is 0. The highest BCUT2D eigenvalue weighted by Gasteiger charge is 2.51. The lowest BCUT2D eigenvalue weighted by Gasteiger charge is -2.33. The summed E-state index contributed by atoms with van der Waals surface area (Å²) in [5, 5.41) is 19.0. The SMILES string of the molecule is c1ccc([Si]2(c3ccccc3)c3ccccc3-c3cccc(-c4cccc5c(-c6cccc7ccccc67)c6cccc(-c7cccc8c7[Si](c7ccccc7)(c7ccccc7)c7ccccc7-8)c6cc45)c32)cc1. The fourth-order valence-corrected chi connectivity index (χ4v) is 24.6. The van der Waals surface area contributed by atoms with Gasteiger partial charge in [-0.05, 0) is 136 Å². The van der Waals surface area contributed by atoms with E-state index in [0.29, 0.717) is 0 Å². The average molecular weight is 969 g/mol. The van der Waals surface area contributed by atoms with Crippen LogP contribution in [0.4, 0.5) is 0 Å². The van der Waals surface area contributed by atoms with E-state index in [-0.39, 0.29) is 0 Å². The van der Waals surface area contributed by atoms with Crippen LogP contribution in [0.2, 0.25) is 0 Å². The molecule has 0 atom stereocenters. The van der Waals surface area contributed by atoms with Crippen molar-refractivity contribution >= 4 is 90.0 Å². The smallest absolute Gasteiger partial charge is 0.0623 e. The summed E-state index contributed by atoms with van der Waals surface area (Å²) < 4.78 is 0. The third-order valence-corrected chi connectivity index (χ3v) is 26.5. The molecule has 0 saturated heterocycles. The van der Waals surface area contributed by atoms with E-state index < -0.39 is 16.1 Å². The van der Waals surface area contributed by atoms with E-state index in [1.807, 2.05) is 0 Å². The summed E-state index contributed by atoms with van der Waals surface area (Å²) in [6, 6.07) is 111. The molecule has 0 fully saturated rings. The first-order chi connectivity index (χ1) is 36.8. The first-order valence-corrected chi connectivity index (χ1v) is 29.9. The molecule has 15 rings (SSSR count). The predicted molar refractivity (Wildman–Crippen MR) is 320 cm³/mol. The zero-order chi connectivity index (χ0) is 48.8. The molecule has 0 nitrogen and oxygen atoms in total. The molecule has 0 aromatic heterocycles. The molecule has 0 spiro atoms. The lowest BCUT2D eigenvalue weighted by molar-refractivity contribution is 1.65. The second-order valence-corrected chi connectivity index (χ2v) is 27.5. The van der Waals surface area contributed by atoms with Crippen LogP contribution in [-0.2, 0) is 0 Å². The van der Waals surface area contributed by atoms with Crippen LogP contribution in [0.3, 0.4) is 0 Å². The van der Waals surface area contributed by atoms with Gasteiger partial charge in [-0.2, -0.15) is 0 Å². The minimum Gasteiger partial charge on any atom is -0.0623 e. The van der Waals surface area contributed by atoms with Crippen molar-refractivity contribution in [2.75, 3.05) is 0 Å². The van der Waals surface area contributed by atoms with Gasteiger partial charge in [0.05, 0.1) is 0 Å². The Hall–Kier alpha value is -8.93. The van der Waals surface area contributed by atoms with Gasteiger partial charge in [0.15, 0.2) is 16.1 Å². The topological polar surface area (TPSA) is 0 Å². The van der Waals surface area contributed by atoms with Crippen LogP contribution in [0.1, 0.15) is 0 Å². The number of rotatable bonds is 7. The van der Waals surface area contributed by atoms with Crippen LogP contribution in [0.5, 0.6) is 0 Å². The average Bonchev–Trinajstić information content (AvgIpc) is 4.06. The number of hydrogen-bond acceptors (Lipinski definition) is 0. The van der Waals surface area contributed by atoms with Crippen LogP contribution < -0.4 is 41.5 Å². The minimum atomic E-state index is -2.89. The Morgan fingerprint density at radius 2 is 0.486 bits per heavy atom. The van der Waals surface area contributed by atoms with E-state index in [9.17, 15) is 0 Å². The second kappa shape index (κ2) is 16.8. The van der Waals surface area contributed by atoms with Crippen LogP contribution in [0, 0.1) is 0 Å². The van der Waals surface area contributed by atoms with Crippen molar-refractivity contribution in [1.82, 2.24) is 0 Å². The predicted octanol–water partition coefficient (Wildman–Crippen LogP) is 12.9. The molecular formula is C72H48Si2. The van der Waals surface area contributed by atoms with Crippen molar-refractivity contribution in [2.45, 2.75) is 0 Å². The van der Waals surface area contributed by atoms with Crippen LogP contribution >= 0.6 is 0 Å². The Bertz CT molecular complexity index is 4030. The zero-order valence-electron chi connectivity index (χ0n) is 40.7. The van der Waals surface area contributed by atoms with Gasteiger partial charge < -0.3 is 0 Å². The minimum absolute atomic E-state index is 1.24. The van der Waals surface area contributed by atoms with Crippen LogP contribution in [0.25, 0.3) is 88.0 Å². The zero-order valence-corrected chi connectivity index (χ0v) is 42.7. The Morgan fingerprint density at radius 1 is 0.189 bits per heavy atom. The van der Waals surface area contributed by atoms with Gasteiger partial charge in [-0.25, -0.2) is 0 Å².